The Kier molecular flexibility index (Phi) is 6.05. The van der Waals surface area contributed by atoms with Crippen LogP contribution < -0.4 is 26.4 Å². The zero-order chi connectivity index (χ0) is 19.3. The third-order valence-corrected chi connectivity index (χ3v) is 5.59. The summed E-state index contributed by atoms with van der Waals surface area (Å²) >= 11 is 1.27. The van der Waals surface area contributed by atoms with Crippen LogP contribution in [0.5, 0.6) is 12.0 Å². The molecule has 0 spiro atoms. The Morgan fingerprint density at radius 2 is 1.73 bits per heavy atom. The largest absolute Gasteiger partial charge is 0.467 e. The van der Waals surface area contributed by atoms with E-state index in [1.165, 1.54) is 32.0 Å². The number of nitrogens with one attached hydrogen (secondary N) is 1. The first-order chi connectivity index (χ1) is 12.3. The summed E-state index contributed by atoms with van der Waals surface area (Å²) in [4.78, 5) is 12.2. The molecule has 0 aliphatic rings. The molecule has 0 saturated carbocycles. The molecule has 0 unspecified atom stereocenters. The normalized spacial score (nSPS) is 12.3. The number of hydrazine groups is 1. The van der Waals surface area contributed by atoms with Gasteiger partial charge in [0.25, 0.3) is 0 Å². The smallest absolute Gasteiger partial charge is 0.388 e. The van der Waals surface area contributed by atoms with Gasteiger partial charge in [0.2, 0.25) is 0 Å². The van der Waals surface area contributed by atoms with Gasteiger partial charge in [-0.1, -0.05) is 16.2 Å². The Bertz CT molecular complexity index is 912. The Balaban J connectivity index is 2.43. The van der Waals surface area contributed by atoms with Crippen LogP contribution in [0, 0.1) is 0 Å². The van der Waals surface area contributed by atoms with Crippen LogP contribution in [-0.2, 0) is 10.0 Å². The van der Waals surface area contributed by atoms with Crippen LogP contribution in [0.3, 0.4) is 0 Å². The molecule has 13 heteroatoms. The number of guanidine groups is 1. The number of hydrogen-bond donors (Lipinski definition) is 3. The molecular weight excluding hydrogens is 382 g/mol. The van der Waals surface area contributed by atoms with E-state index in [1.807, 2.05) is 0 Å². The highest BCUT2D eigenvalue weighted by atomic mass is 32.2. The highest BCUT2D eigenvalue weighted by Crippen LogP contribution is 2.25. The van der Waals surface area contributed by atoms with Gasteiger partial charge in [0.05, 0.1) is 14.2 Å². The van der Waals surface area contributed by atoms with Crippen molar-refractivity contribution in [1.82, 2.24) is 15.0 Å². The predicted molar refractivity (Wildman–Crippen MR) is 95.6 cm³/mol. The van der Waals surface area contributed by atoms with Crippen molar-refractivity contribution in [2.45, 2.75) is 9.79 Å². The molecule has 0 aliphatic carbocycles. The van der Waals surface area contributed by atoms with E-state index in [4.69, 9.17) is 21.1 Å². The van der Waals surface area contributed by atoms with E-state index < -0.39 is 16.0 Å². The first-order valence-electron chi connectivity index (χ1n) is 7.00. The van der Waals surface area contributed by atoms with Gasteiger partial charge in [-0.3, -0.25) is 11.6 Å². The van der Waals surface area contributed by atoms with E-state index in [0.717, 1.165) is 0 Å². The minimum Gasteiger partial charge on any atom is -0.467 e. The summed E-state index contributed by atoms with van der Waals surface area (Å²) in [5.41, 5.74) is 5.79. The molecule has 1 aromatic carbocycles. The van der Waals surface area contributed by atoms with Gasteiger partial charge in [0.1, 0.15) is 4.90 Å². The molecule has 0 fully saturated rings. The summed E-state index contributed by atoms with van der Waals surface area (Å²) < 4.78 is 35.7. The van der Waals surface area contributed by atoms with Crippen LogP contribution in [0.1, 0.15) is 0 Å². The fraction of sp³-hybridized carbons (Fsp3) is 0.231. The molecule has 2 aromatic rings. The zero-order valence-electron chi connectivity index (χ0n) is 14.2. The van der Waals surface area contributed by atoms with Gasteiger partial charge in [-0.2, -0.15) is 8.42 Å². The topological polar surface area (TPSA) is 158 Å². The van der Waals surface area contributed by atoms with Crippen molar-refractivity contribution in [1.29, 1.82) is 0 Å². The maximum Gasteiger partial charge on any atom is 0.388 e. The molecule has 2 rings (SSSR count). The van der Waals surface area contributed by atoms with Crippen molar-refractivity contribution in [3.05, 3.63) is 24.3 Å². The summed E-state index contributed by atoms with van der Waals surface area (Å²) in [5.74, 6) is 5.20. The van der Waals surface area contributed by atoms with Crippen LogP contribution in [0.25, 0.3) is 0 Å². The van der Waals surface area contributed by atoms with Crippen LogP contribution in [-0.4, -0.2) is 53.9 Å². The molecule has 26 heavy (non-hydrogen) atoms. The predicted octanol–water partition coefficient (Wildman–Crippen LogP) is -0.388. The van der Waals surface area contributed by atoms with E-state index >= 15 is 0 Å². The van der Waals surface area contributed by atoms with Crippen molar-refractivity contribution in [3.63, 3.8) is 0 Å². The number of nitrogens with zero attached hydrogens (tertiary/aromatic N) is 4. The van der Waals surface area contributed by atoms with Crippen molar-refractivity contribution < 1.29 is 22.0 Å². The number of anilines is 1. The molecule has 0 bridgehead atoms. The van der Waals surface area contributed by atoms with E-state index in [2.05, 4.69) is 20.3 Å². The van der Waals surface area contributed by atoms with E-state index in [1.54, 1.807) is 24.5 Å². The molecule has 1 heterocycles. The second kappa shape index (κ2) is 8.05. The van der Waals surface area contributed by atoms with Crippen molar-refractivity contribution in [2.75, 3.05) is 25.8 Å². The first kappa shape index (κ1) is 19.5. The van der Waals surface area contributed by atoms with E-state index in [-0.39, 0.29) is 22.9 Å². The molecular formula is C13H18N7O4S2+. The van der Waals surface area contributed by atoms with Gasteiger partial charge in [0.15, 0.2) is 0 Å². The fourth-order valence-corrected chi connectivity index (χ4v) is 3.95. The zero-order valence-corrected chi connectivity index (χ0v) is 15.8. The third kappa shape index (κ3) is 4.05. The number of sulfonamides is 1. The second-order valence-corrected chi connectivity index (χ2v) is 7.23. The maximum atomic E-state index is 12.7. The Labute approximate surface area is 154 Å². The molecule has 0 amide bonds. The molecule has 0 saturated heterocycles. The number of thioether (sulfide) groups is 1. The van der Waals surface area contributed by atoms with E-state index in [9.17, 15) is 8.42 Å². The Morgan fingerprint density at radius 1 is 1.15 bits per heavy atom. The number of aromatic nitrogens is 3. The average Bonchev–Trinajstić information content (AvgIpc) is 2.66. The molecule has 1 aromatic heterocycles. The van der Waals surface area contributed by atoms with Crippen molar-refractivity contribution in [2.24, 2.45) is 11.6 Å². The summed E-state index contributed by atoms with van der Waals surface area (Å²) in [7, 11) is -1.40. The summed E-state index contributed by atoms with van der Waals surface area (Å²) in [6, 6.07) is 6.31. The van der Waals surface area contributed by atoms with Crippen molar-refractivity contribution in [3.8, 4) is 12.0 Å². The van der Waals surface area contributed by atoms with Gasteiger partial charge in [-0.05, 0) is 18.4 Å². The molecule has 5 N–H and O–H groups in total. The van der Waals surface area contributed by atoms with E-state index in [0.29, 0.717) is 8.99 Å². The van der Waals surface area contributed by atoms with Gasteiger partial charge in [-0.25, -0.2) is 5.32 Å². The molecule has 0 atom stereocenters. The summed E-state index contributed by atoms with van der Waals surface area (Å²) in [6.45, 7) is 0. The number of benzene rings is 1. The van der Waals surface area contributed by atoms with Crippen molar-refractivity contribution >= 4 is 33.7 Å². The summed E-state index contributed by atoms with van der Waals surface area (Å²) in [5, 5.41) is 2.49. The Hall–Kier alpha value is -2.80. The molecule has 140 valence electrons. The van der Waals surface area contributed by atoms with Gasteiger partial charge in [0, 0.05) is 4.90 Å². The van der Waals surface area contributed by atoms with Crippen LogP contribution >= 0.6 is 11.8 Å². The molecule has 0 aliphatic heterocycles. The summed E-state index contributed by atoms with van der Waals surface area (Å²) in [6.07, 6.45) is 1.75. The number of rotatable bonds is 6. The quantitative estimate of drug-likeness (QED) is 0.145. The van der Waals surface area contributed by atoms with Crippen LogP contribution in [0.15, 0.2) is 34.1 Å². The lowest BCUT2D eigenvalue weighted by molar-refractivity contribution is -0.378. The highest BCUT2D eigenvalue weighted by Gasteiger charge is 2.27. The molecule has 0 radical (unpaired) electrons. The number of nitrogens with two attached hydrogens (primary N) is 2. The average molecular weight is 400 g/mol. The van der Waals surface area contributed by atoms with Crippen LogP contribution in [0.2, 0.25) is 0 Å². The lowest BCUT2D eigenvalue weighted by Gasteiger charge is -2.09. The first-order valence-corrected chi connectivity index (χ1v) is 9.66. The van der Waals surface area contributed by atoms with Gasteiger partial charge >= 0.3 is 34.0 Å². The SMILES string of the molecule is COc1nc(NC(N)=[N+](N)S(=O)(=O)c2ccccc2SC)nc(OC)n1. The number of hydrazone groups is 1. The van der Waals surface area contributed by atoms with Gasteiger partial charge in [-0.15, -0.1) is 26.7 Å². The minimum atomic E-state index is -4.10. The highest BCUT2D eigenvalue weighted by molar-refractivity contribution is 7.99. The standard InChI is InChI=1S/C13H17N7O4S2/c1-23-12-17-11(18-13(19-12)24-2)16-10(14)20(15)26(21,22)9-7-5-4-6-8(9)25-3/h4-7H,15H2,1-3H3,(H2,14,16,17,18,19)/p+1. The maximum absolute atomic E-state index is 12.7. The number of ether oxygens (including phenoxy) is 2. The number of hydrogen-bond acceptors (Lipinski definition) is 9. The fourth-order valence-electron chi connectivity index (χ4n) is 1.81. The monoisotopic (exact) mass is 400 g/mol. The van der Waals surface area contributed by atoms with Crippen LogP contribution in [0.4, 0.5) is 5.95 Å². The number of methoxy groups -OCH3 is 2. The van der Waals surface area contributed by atoms with Gasteiger partial charge < -0.3 is 9.47 Å². The Morgan fingerprint density at radius 3 is 2.27 bits per heavy atom. The lowest BCUT2D eigenvalue weighted by atomic mass is 10.4. The minimum absolute atomic E-state index is 0.0190. The molecule has 11 nitrogen and oxygen atoms in total. The lowest BCUT2D eigenvalue weighted by Crippen LogP contribution is -2.42. The third-order valence-electron chi connectivity index (χ3n) is 3.04. The second-order valence-electron chi connectivity index (χ2n) is 4.59.